The second-order valence-corrected chi connectivity index (χ2v) is 9.44. The normalized spacial score (nSPS) is 15.6. The molecule has 1 N–H and O–H groups in total. The monoisotopic (exact) mass is 532 g/mol. The molecule has 9 heteroatoms. The zero-order chi connectivity index (χ0) is 24.1. The molecule has 1 saturated heterocycles. The average Bonchev–Trinajstić information content (AvgIpc) is 3.15. The Labute approximate surface area is 216 Å². The van der Waals surface area contributed by atoms with Crippen LogP contribution in [0.5, 0.6) is 11.5 Å². The summed E-state index contributed by atoms with van der Waals surface area (Å²) < 4.78 is 11.7. The van der Waals surface area contributed by atoms with E-state index in [2.05, 4.69) is 10.3 Å². The van der Waals surface area contributed by atoms with E-state index in [9.17, 15) is 4.79 Å². The number of rotatable bonds is 7. The van der Waals surface area contributed by atoms with Gasteiger partial charge in [-0.1, -0.05) is 53.0 Å². The van der Waals surface area contributed by atoms with Crippen LogP contribution in [0.25, 0.3) is 6.08 Å². The van der Waals surface area contributed by atoms with Gasteiger partial charge < -0.3 is 14.8 Å². The predicted octanol–water partition coefficient (Wildman–Crippen LogP) is 7.52. The number of halogens is 3. The van der Waals surface area contributed by atoms with E-state index in [-0.39, 0.29) is 5.91 Å². The first-order valence-corrected chi connectivity index (χ1v) is 12.2. The van der Waals surface area contributed by atoms with Crippen LogP contribution in [-0.4, -0.2) is 17.7 Å². The molecule has 1 amide bonds. The molecule has 1 aliphatic heterocycles. The SMILES string of the molecule is CCOc1cc(/C=C2/SC(=Nc3ccc(Cl)cc3Cl)NC2=O)ccc1OCc1ccc(Cl)cc1. The fraction of sp³-hybridized carbons (Fsp3) is 0.120. The maximum absolute atomic E-state index is 12.5. The lowest BCUT2D eigenvalue weighted by Gasteiger charge is -2.13. The molecule has 174 valence electrons. The van der Waals surface area contributed by atoms with Crippen molar-refractivity contribution >= 4 is 69.4 Å². The van der Waals surface area contributed by atoms with Crippen LogP contribution in [0.1, 0.15) is 18.1 Å². The van der Waals surface area contributed by atoms with Crippen LogP contribution in [0.15, 0.2) is 70.6 Å². The third kappa shape index (κ3) is 6.27. The topological polar surface area (TPSA) is 59.9 Å². The molecule has 1 heterocycles. The highest BCUT2D eigenvalue weighted by atomic mass is 35.5. The molecule has 1 aliphatic rings. The molecule has 0 saturated carbocycles. The Kier molecular flexibility index (Phi) is 8.06. The summed E-state index contributed by atoms with van der Waals surface area (Å²) in [7, 11) is 0. The van der Waals surface area contributed by atoms with Gasteiger partial charge in [-0.25, -0.2) is 4.99 Å². The number of amides is 1. The van der Waals surface area contributed by atoms with E-state index < -0.39 is 0 Å². The number of hydrogen-bond acceptors (Lipinski definition) is 5. The fourth-order valence-corrected chi connectivity index (χ4v) is 4.47. The van der Waals surface area contributed by atoms with E-state index in [0.29, 0.717) is 55.5 Å². The van der Waals surface area contributed by atoms with E-state index in [1.54, 1.807) is 24.3 Å². The lowest BCUT2D eigenvalue weighted by Crippen LogP contribution is -2.19. The standard InChI is InChI=1S/C25H19Cl3N2O3S/c1-2-32-22-11-16(5-10-21(22)33-14-15-3-6-17(26)7-4-15)12-23-24(31)30-25(34-23)29-20-9-8-18(27)13-19(20)28/h3-13H,2,14H2,1H3,(H,29,30,31)/b23-12+. The van der Waals surface area contributed by atoms with Gasteiger partial charge in [0.1, 0.15) is 6.61 Å². The van der Waals surface area contributed by atoms with Crippen molar-refractivity contribution in [2.45, 2.75) is 13.5 Å². The summed E-state index contributed by atoms with van der Waals surface area (Å²) in [5.41, 5.74) is 2.31. The van der Waals surface area contributed by atoms with Crippen LogP contribution in [0.3, 0.4) is 0 Å². The van der Waals surface area contributed by atoms with Gasteiger partial charge in [0.15, 0.2) is 16.7 Å². The Morgan fingerprint density at radius 3 is 2.44 bits per heavy atom. The molecule has 0 bridgehead atoms. The van der Waals surface area contributed by atoms with Crippen molar-refractivity contribution < 1.29 is 14.3 Å². The lowest BCUT2D eigenvalue weighted by atomic mass is 10.2. The summed E-state index contributed by atoms with van der Waals surface area (Å²) in [6.07, 6.45) is 1.78. The van der Waals surface area contributed by atoms with Crippen molar-refractivity contribution in [3.63, 3.8) is 0 Å². The first kappa shape index (κ1) is 24.5. The van der Waals surface area contributed by atoms with Crippen LogP contribution >= 0.6 is 46.6 Å². The van der Waals surface area contributed by atoms with Gasteiger partial charge in [-0.15, -0.1) is 0 Å². The van der Waals surface area contributed by atoms with Crippen LogP contribution in [0.4, 0.5) is 5.69 Å². The first-order chi connectivity index (χ1) is 16.4. The van der Waals surface area contributed by atoms with Gasteiger partial charge in [0.2, 0.25) is 0 Å². The number of nitrogens with one attached hydrogen (secondary N) is 1. The van der Waals surface area contributed by atoms with Crippen molar-refractivity contribution in [2.75, 3.05) is 6.61 Å². The number of aliphatic imine (C=N–C) groups is 1. The highest BCUT2D eigenvalue weighted by Gasteiger charge is 2.24. The number of amidine groups is 1. The summed E-state index contributed by atoms with van der Waals surface area (Å²) in [5, 5.41) is 4.79. The van der Waals surface area contributed by atoms with Crippen molar-refractivity contribution in [1.29, 1.82) is 0 Å². The van der Waals surface area contributed by atoms with Gasteiger partial charge in [0.05, 0.1) is 22.2 Å². The molecular formula is C25H19Cl3N2O3S. The minimum Gasteiger partial charge on any atom is -0.490 e. The molecule has 0 radical (unpaired) electrons. The van der Waals surface area contributed by atoms with Crippen molar-refractivity contribution in [3.05, 3.63) is 91.8 Å². The van der Waals surface area contributed by atoms with Crippen molar-refractivity contribution in [2.24, 2.45) is 4.99 Å². The van der Waals surface area contributed by atoms with Gasteiger partial charge in [-0.2, -0.15) is 0 Å². The summed E-state index contributed by atoms with van der Waals surface area (Å²) in [6.45, 7) is 2.76. The minimum absolute atomic E-state index is 0.241. The minimum atomic E-state index is -0.241. The Bertz CT molecular complexity index is 1280. The molecule has 0 unspecified atom stereocenters. The molecule has 3 aromatic rings. The molecule has 0 aromatic heterocycles. The number of hydrogen-bond donors (Lipinski definition) is 1. The van der Waals surface area contributed by atoms with E-state index >= 15 is 0 Å². The summed E-state index contributed by atoms with van der Waals surface area (Å²) in [5.74, 6) is 0.966. The van der Waals surface area contributed by atoms with Crippen LogP contribution in [0, 0.1) is 0 Å². The Morgan fingerprint density at radius 2 is 1.71 bits per heavy atom. The number of nitrogens with zero attached hydrogens (tertiary/aromatic N) is 1. The second-order valence-electron chi connectivity index (χ2n) is 7.13. The van der Waals surface area contributed by atoms with Crippen LogP contribution < -0.4 is 14.8 Å². The number of benzene rings is 3. The smallest absolute Gasteiger partial charge is 0.264 e. The molecule has 0 spiro atoms. The number of carbonyl (C=O) groups excluding carboxylic acids is 1. The molecule has 0 aliphatic carbocycles. The summed E-state index contributed by atoms with van der Waals surface area (Å²) in [4.78, 5) is 17.4. The predicted molar refractivity (Wildman–Crippen MR) is 141 cm³/mol. The molecule has 4 rings (SSSR count). The fourth-order valence-electron chi connectivity index (χ4n) is 3.06. The summed E-state index contributed by atoms with van der Waals surface area (Å²) >= 11 is 19.3. The van der Waals surface area contributed by atoms with Gasteiger partial charge in [-0.05, 0) is 78.4 Å². The highest BCUT2D eigenvalue weighted by Crippen LogP contribution is 2.34. The maximum Gasteiger partial charge on any atom is 0.264 e. The van der Waals surface area contributed by atoms with Crippen molar-refractivity contribution in [3.8, 4) is 11.5 Å². The largest absolute Gasteiger partial charge is 0.490 e. The Hall–Kier alpha value is -2.64. The molecular weight excluding hydrogens is 515 g/mol. The highest BCUT2D eigenvalue weighted by molar-refractivity contribution is 8.18. The molecule has 0 atom stereocenters. The molecule has 3 aromatic carbocycles. The first-order valence-electron chi connectivity index (χ1n) is 10.3. The number of ether oxygens (including phenoxy) is 2. The number of thioether (sulfide) groups is 1. The second kappa shape index (κ2) is 11.2. The van der Waals surface area contributed by atoms with Crippen LogP contribution in [-0.2, 0) is 11.4 Å². The van der Waals surface area contributed by atoms with E-state index in [4.69, 9.17) is 44.3 Å². The molecule has 1 fully saturated rings. The van der Waals surface area contributed by atoms with Gasteiger partial charge in [0.25, 0.3) is 5.91 Å². The molecule has 5 nitrogen and oxygen atoms in total. The quantitative estimate of drug-likeness (QED) is 0.319. The van der Waals surface area contributed by atoms with Gasteiger partial charge in [-0.3, -0.25) is 4.79 Å². The Morgan fingerprint density at radius 1 is 0.941 bits per heavy atom. The Balaban J connectivity index is 1.51. The van der Waals surface area contributed by atoms with Crippen LogP contribution in [0.2, 0.25) is 15.1 Å². The maximum atomic E-state index is 12.5. The average molecular weight is 534 g/mol. The van der Waals surface area contributed by atoms with E-state index in [1.807, 2.05) is 49.4 Å². The van der Waals surface area contributed by atoms with E-state index in [0.717, 1.165) is 11.1 Å². The lowest BCUT2D eigenvalue weighted by molar-refractivity contribution is -0.115. The molecule has 34 heavy (non-hydrogen) atoms. The zero-order valence-electron chi connectivity index (χ0n) is 18.0. The van der Waals surface area contributed by atoms with E-state index in [1.165, 1.54) is 11.8 Å². The third-order valence-corrected chi connectivity index (χ3v) is 6.36. The third-order valence-electron chi connectivity index (χ3n) is 4.66. The van der Waals surface area contributed by atoms with Gasteiger partial charge >= 0.3 is 0 Å². The number of carbonyl (C=O) groups is 1. The summed E-state index contributed by atoms with van der Waals surface area (Å²) in [6, 6.07) is 18.0. The zero-order valence-corrected chi connectivity index (χ0v) is 21.1. The van der Waals surface area contributed by atoms with Gasteiger partial charge in [0, 0.05) is 10.0 Å². The van der Waals surface area contributed by atoms with Crippen molar-refractivity contribution in [1.82, 2.24) is 5.32 Å².